The number of methoxy groups -OCH3 is 1. The first-order valence-corrected chi connectivity index (χ1v) is 9.39. The van der Waals surface area contributed by atoms with E-state index in [0.717, 1.165) is 5.39 Å². The van der Waals surface area contributed by atoms with Crippen LogP contribution in [0.1, 0.15) is 5.82 Å². The Morgan fingerprint density at radius 3 is 2.77 bits per heavy atom. The van der Waals surface area contributed by atoms with Crippen LogP contribution in [0.3, 0.4) is 0 Å². The average molecular weight is 415 g/mol. The molecular weight excluding hydrogens is 398 g/mol. The number of aromatic nitrogens is 5. The number of hydrogen-bond acceptors (Lipinski definition) is 9. The Bertz CT molecular complexity index is 1480. The molecule has 3 heterocycles. The fourth-order valence-electron chi connectivity index (χ4n) is 3.31. The summed E-state index contributed by atoms with van der Waals surface area (Å²) in [6.07, 6.45) is 1.44. The van der Waals surface area contributed by atoms with E-state index >= 15 is 0 Å². The number of rotatable bonds is 5. The second-order valence-corrected chi connectivity index (χ2v) is 6.71. The molecule has 0 fully saturated rings. The average Bonchev–Trinajstić information content (AvgIpc) is 3.15. The highest BCUT2D eigenvalue weighted by molar-refractivity contribution is 6.01. The Hall–Kier alpha value is -4.47. The van der Waals surface area contributed by atoms with Gasteiger partial charge in [-0.1, -0.05) is 24.3 Å². The number of nitrogens with two attached hydrogens (primary N) is 1. The van der Waals surface area contributed by atoms with Gasteiger partial charge >= 0.3 is 0 Å². The van der Waals surface area contributed by atoms with Gasteiger partial charge in [0.15, 0.2) is 5.82 Å². The first-order valence-electron chi connectivity index (χ1n) is 9.39. The van der Waals surface area contributed by atoms with Crippen molar-refractivity contribution in [3.05, 3.63) is 71.0 Å². The molecule has 2 aromatic carbocycles. The van der Waals surface area contributed by atoms with Crippen molar-refractivity contribution < 1.29 is 9.15 Å². The Labute approximate surface area is 175 Å². The summed E-state index contributed by atoms with van der Waals surface area (Å²) in [4.78, 5) is 30.0. The van der Waals surface area contributed by atoms with Crippen LogP contribution in [0, 0.1) is 0 Å². The van der Waals surface area contributed by atoms with E-state index in [1.54, 1.807) is 13.2 Å². The monoisotopic (exact) mass is 415 g/mol. The molecule has 3 N–H and O–H groups in total. The number of benzene rings is 2. The highest BCUT2D eigenvalue weighted by atomic mass is 16.5. The summed E-state index contributed by atoms with van der Waals surface area (Å²) in [6, 6.07) is 14.7. The fraction of sp³-hybridized carbons (Fsp3) is 0.0952. The Morgan fingerprint density at radius 2 is 1.90 bits per heavy atom. The zero-order chi connectivity index (χ0) is 21.4. The van der Waals surface area contributed by atoms with Gasteiger partial charge in [-0.3, -0.25) is 9.36 Å². The third-order valence-electron chi connectivity index (χ3n) is 4.71. The zero-order valence-corrected chi connectivity index (χ0v) is 16.4. The molecule has 0 aliphatic carbocycles. The van der Waals surface area contributed by atoms with Crippen LogP contribution in [0.5, 0.6) is 5.75 Å². The van der Waals surface area contributed by atoms with Crippen molar-refractivity contribution in [1.29, 1.82) is 0 Å². The molecule has 0 aliphatic rings. The lowest BCUT2D eigenvalue weighted by atomic mass is 10.2. The molecule has 154 valence electrons. The number of nitrogen functional groups attached to an aromatic ring is 1. The van der Waals surface area contributed by atoms with E-state index < -0.39 is 0 Å². The summed E-state index contributed by atoms with van der Waals surface area (Å²) < 4.78 is 12.4. The van der Waals surface area contributed by atoms with E-state index in [1.807, 2.05) is 42.5 Å². The van der Waals surface area contributed by atoms with E-state index in [9.17, 15) is 4.79 Å². The molecule has 0 bridgehead atoms. The molecule has 3 aromatic heterocycles. The minimum Gasteiger partial charge on any atom is -0.495 e. The first-order chi connectivity index (χ1) is 15.1. The number of para-hydroxylation sites is 3. The number of nitrogens with one attached hydrogen (secondary N) is 1. The standard InChI is InChI=1S/C21H17N7O3/c1-30-15-9-5-3-7-13(15)24-21-26-16(25-20(22)27-21)10-28-11-23-17-12-6-2-4-8-14(12)31-18(17)19(28)29/h2-9,11H,10H2,1H3,(H3,22,24,25,26,27). The molecule has 0 aliphatic heterocycles. The molecule has 0 radical (unpaired) electrons. The summed E-state index contributed by atoms with van der Waals surface area (Å²) in [5.74, 6) is 1.18. The summed E-state index contributed by atoms with van der Waals surface area (Å²) in [7, 11) is 1.57. The number of furan rings is 1. The Morgan fingerprint density at radius 1 is 1.10 bits per heavy atom. The first kappa shape index (κ1) is 18.6. The lowest BCUT2D eigenvalue weighted by Gasteiger charge is -2.11. The third-order valence-corrected chi connectivity index (χ3v) is 4.71. The van der Waals surface area contributed by atoms with Gasteiger partial charge in [-0.2, -0.15) is 15.0 Å². The van der Waals surface area contributed by atoms with Crippen molar-refractivity contribution in [1.82, 2.24) is 24.5 Å². The van der Waals surface area contributed by atoms with Crippen LogP contribution in [0.15, 0.2) is 64.1 Å². The zero-order valence-electron chi connectivity index (χ0n) is 16.4. The van der Waals surface area contributed by atoms with Gasteiger partial charge in [0.25, 0.3) is 5.56 Å². The van der Waals surface area contributed by atoms with E-state index in [-0.39, 0.29) is 29.6 Å². The molecule has 0 saturated heterocycles. The van der Waals surface area contributed by atoms with E-state index in [1.165, 1.54) is 10.9 Å². The molecule has 0 spiro atoms. The lowest BCUT2D eigenvalue weighted by molar-refractivity contribution is 0.417. The predicted molar refractivity (Wildman–Crippen MR) is 115 cm³/mol. The minimum atomic E-state index is -0.334. The predicted octanol–water partition coefficient (Wildman–Crippen LogP) is 2.71. The number of anilines is 3. The van der Waals surface area contributed by atoms with Crippen LogP contribution in [0.4, 0.5) is 17.6 Å². The molecule has 5 aromatic rings. The smallest absolute Gasteiger partial charge is 0.297 e. The van der Waals surface area contributed by atoms with Crippen LogP contribution in [0.25, 0.3) is 22.1 Å². The van der Waals surface area contributed by atoms with Crippen molar-refractivity contribution in [2.75, 3.05) is 18.2 Å². The maximum absolute atomic E-state index is 12.9. The van der Waals surface area contributed by atoms with Crippen molar-refractivity contribution in [3.63, 3.8) is 0 Å². The number of nitrogens with zero attached hydrogens (tertiary/aromatic N) is 5. The third kappa shape index (κ3) is 3.39. The summed E-state index contributed by atoms with van der Waals surface area (Å²) in [6.45, 7) is 0.0478. The molecule has 0 saturated carbocycles. The highest BCUT2D eigenvalue weighted by Crippen LogP contribution is 2.26. The molecule has 31 heavy (non-hydrogen) atoms. The maximum Gasteiger partial charge on any atom is 0.297 e. The topological polar surface area (TPSA) is 134 Å². The number of hydrogen-bond donors (Lipinski definition) is 2. The van der Waals surface area contributed by atoms with E-state index in [2.05, 4.69) is 25.3 Å². The van der Waals surface area contributed by atoms with E-state index in [4.69, 9.17) is 14.9 Å². The fourth-order valence-corrected chi connectivity index (χ4v) is 3.31. The Balaban J connectivity index is 1.50. The molecule has 0 amide bonds. The Kier molecular flexibility index (Phi) is 4.43. The molecule has 10 heteroatoms. The van der Waals surface area contributed by atoms with Gasteiger partial charge in [0.1, 0.15) is 16.8 Å². The van der Waals surface area contributed by atoms with Crippen LogP contribution in [0.2, 0.25) is 0 Å². The van der Waals surface area contributed by atoms with Gasteiger partial charge in [-0.05, 0) is 24.3 Å². The van der Waals surface area contributed by atoms with Crippen LogP contribution in [-0.4, -0.2) is 31.6 Å². The summed E-state index contributed by atoms with van der Waals surface area (Å²) >= 11 is 0. The molecule has 5 rings (SSSR count). The number of ether oxygens (including phenoxy) is 1. The highest BCUT2D eigenvalue weighted by Gasteiger charge is 2.15. The van der Waals surface area contributed by atoms with Crippen molar-refractivity contribution >= 4 is 39.7 Å². The number of fused-ring (bicyclic) bond motifs is 3. The second kappa shape index (κ2) is 7.41. The molecule has 0 atom stereocenters. The maximum atomic E-state index is 12.9. The molecule has 10 nitrogen and oxygen atoms in total. The van der Waals surface area contributed by atoms with Crippen LogP contribution >= 0.6 is 0 Å². The quantitative estimate of drug-likeness (QED) is 0.444. The van der Waals surface area contributed by atoms with Gasteiger partial charge in [0.05, 0.1) is 25.7 Å². The molecule has 0 unspecified atom stereocenters. The van der Waals surface area contributed by atoms with Crippen molar-refractivity contribution in [2.24, 2.45) is 0 Å². The van der Waals surface area contributed by atoms with Crippen LogP contribution in [-0.2, 0) is 6.54 Å². The van der Waals surface area contributed by atoms with Gasteiger partial charge < -0.3 is 20.2 Å². The SMILES string of the molecule is COc1ccccc1Nc1nc(N)nc(Cn2cnc3c(oc4ccccc43)c2=O)n1. The van der Waals surface area contributed by atoms with Crippen molar-refractivity contribution in [3.8, 4) is 5.75 Å². The lowest BCUT2D eigenvalue weighted by Crippen LogP contribution is -2.22. The minimum absolute atomic E-state index is 0.0215. The molecular formula is C21H17N7O3. The van der Waals surface area contributed by atoms with Crippen molar-refractivity contribution in [2.45, 2.75) is 6.54 Å². The van der Waals surface area contributed by atoms with E-state index in [0.29, 0.717) is 28.4 Å². The second-order valence-electron chi connectivity index (χ2n) is 6.71. The van der Waals surface area contributed by atoms with Gasteiger partial charge in [-0.25, -0.2) is 4.98 Å². The van der Waals surface area contributed by atoms with Gasteiger partial charge in [0.2, 0.25) is 17.5 Å². The summed E-state index contributed by atoms with van der Waals surface area (Å²) in [5, 5.41) is 3.85. The largest absolute Gasteiger partial charge is 0.495 e. The summed E-state index contributed by atoms with van der Waals surface area (Å²) in [5.41, 5.74) is 7.50. The normalized spacial score (nSPS) is 11.1. The van der Waals surface area contributed by atoms with Crippen LogP contribution < -0.4 is 21.3 Å². The van der Waals surface area contributed by atoms with Gasteiger partial charge in [0, 0.05) is 5.39 Å². The van der Waals surface area contributed by atoms with Gasteiger partial charge in [-0.15, -0.1) is 0 Å².